The first-order valence-electron chi connectivity index (χ1n) is 9.15. The summed E-state index contributed by atoms with van der Waals surface area (Å²) in [6, 6.07) is 4.45. The Morgan fingerprint density at radius 3 is 2.59 bits per heavy atom. The first kappa shape index (κ1) is 20.8. The number of nitrogens with zero attached hydrogens (tertiary/aromatic N) is 3. The first-order valence-corrected chi connectivity index (χ1v) is 9.15. The van der Waals surface area contributed by atoms with Gasteiger partial charge in [0.05, 0.1) is 12.2 Å². The number of nitrogens with one attached hydrogen (secondary N) is 1. The largest absolute Gasteiger partial charge is 0.573 e. The lowest BCUT2D eigenvalue weighted by atomic mass is 10.1. The molecule has 3 rings (SSSR count). The van der Waals surface area contributed by atoms with Crippen LogP contribution < -0.4 is 10.1 Å². The lowest BCUT2D eigenvalue weighted by Crippen LogP contribution is -2.38. The number of benzene rings is 1. The smallest absolute Gasteiger partial charge is 0.406 e. The molecule has 29 heavy (non-hydrogen) atoms. The van der Waals surface area contributed by atoms with Crippen molar-refractivity contribution in [2.45, 2.75) is 32.7 Å². The summed E-state index contributed by atoms with van der Waals surface area (Å²) in [5, 5.41) is 2.94. The van der Waals surface area contributed by atoms with E-state index in [4.69, 9.17) is 4.74 Å². The molecule has 1 aliphatic rings. The van der Waals surface area contributed by atoms with Crippen LogP contribution in [0.2, 0.25) is 0 Å². The number of anilines is 1. The van der Waals surface area contributed by atoms with Gasteiger partial charge in [0.1, 0.15) is 12.5 Å². The third kappa shape index (κ3) is 6.05. The molecule has 0 spiro atoms. The highest BCUT2D eigenvalue weighted by Crippen LogP contribution is 2.25. The number of carbonyl (C=O) groups is 1. The summed E-state index contributed by atoms with van der Waals surface area (Å²) in [4.78, 5) is 22.2. The van der Waals surface area contributed by atoms with E-state index in [0.717, 1.165) is 6.42 Å². The summed E-state index contributed by atoms with van der Waals surface area (Å²) in [5.41, 5.74) is 1.65. The van der Waals surface area contributed by atoms with E-state index in [2.05, 4.69) is 20.0 Å². The lowest BCUT2D eigenvalue weighted by Gasteiger charge is -2.26. The molecule has 0 unspecified atom stereocenters. The Morgan fingerprint density at radius 1 is 1.24 bits per heavy atom. The van der Waals surface area contributed by atoms with E-state index < -0.39 is 6.36 Å². The highest BCUT2D eigenvalue weighted by molar-refractivity contribution is 5.93. The second-order valence-electron chi connectivity index (χ2n) is 6.49. The zero-order valence-corrected chi connectivity index (χ0v) is 15.8. The second-order valence-corrected chi connectivity index (χ2v) is 6.49. The van der Waals surface area contributed by atoms with Crippen molar-refractivity contribution in [3.8, 4) is 5.75 Å². The molecule has 0 radical (unpaired) electrons. The molecular formula is C19H21F3N4O3. The quantitative estimate of drug-likeness (QED) is 0.787. The molecule has 2 heterocycles. The molecule has 1 fully saturated rings. The van der Waals surface area contributed by atoms with Crippen LogP contribution in [0.4, 0.5) is 19.1 Å². The minimum Gasteiger partial charge on any atom is -0.406 e. The molecule has 1 saturated heterocycles. The van der Waals surface area contributed by atoms with E-state index in [1.54, 1.807) is 11.0 Å². The van der Waals surface area contributed by atoms with Gasteiger partial charge in [-0.15, -0.1) is 13.2 Å². The minimum absolute atomic E-state index is 0.204. The number of rotatable bonds is 6. The van der Waals surface area contributed by atoms with Gasteiger partial charge in [0.25, 0.3) is 5.91 Å². The van der Waals surface area contributed by atoms with E-state index in [0.29, 0.717) is 36.3 Å². The molecule has 0 aliphatic carbocycles. The van der Waals surface area contributed by atoms with E-state index >= 15 is 0 Å². The Labute approximate surface area is 165 Å². The fourth-order valence-corrected chi connectivity index (χ4v) is 2.88. The molecule has 0 bridgehead atoms. The van der Waals surface area contributed by atoms with Gasteiger partial charge in [-0.05, 0) is 36.1 Å². The van der Waals surface area contributed by atoms with Gasteiger partial charge in [-0.2, -0.15) is 0 Å². The van der Waals surface area contributed by atoms with Crippen LogP contribution in [-0.4, -0.2) is 47.0 Å². The van der Waals surface area contributed by atoms with Gasteiger partial charge in [-0.25, -0.2) is 9.97 Å². The van der Waals surface area contributed by atoms with Crippen LogP contribution in [0.1, 0.15) is 34.8 Å². The van der Waals surface area contributed by atoms with Crippen molar-refractivity contribution >= 4 is 11.9 Å². The molecule has 7 nitrogen and oxygen atoms in total. The van der Waals surface area contributed by atoms with Crippen molar-refractivity contribution in [2.24, 2.45) is 0 Å². The zero-order valence-electron chi connectivity index (χ0n) is 15.8. The van der Waals surface area contributed by atoms with Crippen LogP contribution in [0, 0.1) is 0 Å². The molecular weight excluding hydrogens is 389 g/mol. The minimum atomic E-state index is -4.75. The highest BCUT2D eigenvalue weighted by Gasteiger charge is 2.31. The van der Waals surface area contributed by atoms with Crippen LogP contribution in [0.15, 0.2) is 30.6 Å². The molecule has 156 valence electrons. The normalized spacial score (nSPS) is 14.6. The third-order valence-corrected chi connectivity index (χ3v) is 4.27. The van der Waals surface area contributed by atoms with Gasteiger partial charge >= 0.3 is 6.36 Å². The topological polar surface area (TPSA) is 76.6 Å². The summed E-state index contributed by atoms with van der Waals surface area (Å²) in [5.74, 6) is -0.211. The number of carbonyl (C=O) groups excluding carboxylic acids is 1. The fourth-order valence-electron chi connectivity index (χ4n) is 2.88. The SMILES string of the molecule is CCc1cc(CNc2ncc(C(=O)N3CCCOC3)cn2)cc(OC(F)(F)F)c1. The Hall–Kier alpha value is -2.88. The summed E-state index contributed by atoms with van der Waals surface area (Å²) in [6.07, 6.45) is -0.583. The van der Waals surface area contributed by atoms with Crippen molar-refractivity contribution in [3.05, 3.63) is 47.3 Å². The lowest BCUT2D eigenvalue weighted by molar-refractivity contribution is -0.274. The number of aryl methyl sites for hydroxylation is 1. The zero-order chi connectivity index (χ0) is 20.9. The van der Waals surface area contributed by atoms with E-state index in [1.807, 2.05) is 6.92 Å². The van der Waals surface area contributed by atoms with Crippen molar-refractivity contribution in [1.82, 2.24) is 14.9 Å². The summed E-state index contributed by atoms with van der Waals surface area (Å²) >= 11 is 0. The van der Waals surface area contributed by atoms with E-state index in [9.17, 15) is 18.0 Å². The maximum absolute atomic E-state index is 12.5. The van der Waals surface area contributed by atoms with Crippen molar-refractivity contribution < 1.29 is 27.4 Å². The number of aromatic nitrogens is 2. The number of ether oxygens (including phenoxy) is 2. The molecule has 10 heteroatoms. The van der Waals surface area contributed by atoms with Gasteiger partial charge in [0, 0.05) is 25.5 Å². The van der Waals surface area contributed by atoms with Crippen molar-refractivity contribution in [1.29, 1.82) is 0 Å². The summed E-state index contributed by atoms with van der Waals surface area (Å²) in [6.45, 7) is 3.55. The Balaban J connectivity index is 1.63. The maximum Gasteiger partial charge on any atom is 0.573 e. The molecule has 0 atom stereocenters. The molecule has 1 N–H and O–H groups in total. The molecule has 0 saturated carbocycles. The molecule has 1 aliphatic heterocycles. The standard InChI is InChI=1S/C19H21F3N4O3/c1-2-13-6-14(8-16(7-13)29-19(20,21)22)9-23-18-24-10-15(11-25-18)17(27)26-4-3-5-28-12-26/h6-8,10-11H,2-5,9,12H2,1H3,(H,23,24,25). The van der Waals surface area contributed by atoms with Gasteiger partial charge in [-0.1, -0.05) is 13.0 Å². The highest BCUT2D eigenvalue weighted by atomic mass is 19.4. The van der Waals surface area contributed by atoms with Crippen molar-refractivity contribution in [3.63, 3.8) is 0 Å². The van der Waals surface area contributed by atoms with Gasteiger partial charge in [0.15, 0.2) is 0 Å². The average molecular weight is 410 g/mol. The molecule has 1 aromatic heterocycles. The molecule has 1 aromatic carbocycles. The number of halogens is 3. The van der Waals surface area contributed by atoms with E-state index in [1.165, 1.54) is 24.5 Å². The van der Waals surface area contributed by atoms with Gasteiger partial charge in [0.2, 0.25) is 5.95 Å². The average Bonchev–Trinajstić information content (AvgIpc) is 2.71. The number of alkyl halides is 3. The van der Waals surface area contributed by atoms with Crippen LogP contribution in [0.25, 0.3) is 0 Å². The monoisotopic (exact) mass is 410 g/mol. The van der Waals surface area contributed by atoms with Gasteiger partial charge in [-0.3, -0.25) is 4.79 Å². The number of hydrogen-bond donors (Lipinski definition) is 1. The Bertz CT molecular complexity index is 838. The fraction of sp³-hybridized carbons (Fsp3) is 0.421. The van der Waals surface area contributed by atoms with Crippen LogP contribution >= 0.6 is 0 Å². The Kier molecular flexibility index (Phi) is 6.53. The summed E-state index contributed by atoms with van der Waals surface area (Å²) in [7, 11) is 0. The Morgan fingerprint density at radius 2 is 1.97 bits per heavy atom. The predicted octanol–water partition coefficient (Wildman–Crippen LogP) is 3.37. The van der Waals surface area contributed by atoms with E-state index in [-0.39, 0.29) is 30.9 Å². The number of hydrogen-bond acceptors (Lipinski definition) is 6. The van der Waals surface area contributed by atoms with Gasteiger partial charge < -0.3 is 19.7 Å². The van der Waals surface area contributed by atoms with Crippen LogP contribution in [0.5, 0.6) is 5.75 Å². The second kappa shape index (κ2) is 9.08. The first-order chi connectivity index (χ1) is 13.8. The molecule has 2 aromatic rings. The predicted molar refractivity (Wildman–Crippen MR) is 98.3 cm³/mol. The number of amides is 1. The third-order valence-electron chi connectivity index (χ3n) is 4.27. The summed E-state index contributed by atoms with van der Waals surface area (Å²) < 4.78 is 46.8. The van der Waals surface area contributed by atoms with Crippen LogP contribution in [-0.2, 0) is 17.7 Å². The maximum atomic E-state index is 12.5. The molecule has 1 amide bonds. The van der Waals surface area contributed by atoms with Crippen LogP contribution in [0.3, 0.4) is 0 Å². The van der Waals surface area contributed by atoms with Crippen molar-refractivity contribution in [2.75, 3.05) is 25.2 Å².